The summed E-state index contributed by atoms with van der Waals surface area (Å²) in [5.74, 6) is -0.159. The van der Waals surface area contributed by atoms with E-state index < -0.39 is 10.0 Å². The van der Waals surface area contributed by atoms with Crippen LogP contribution in [0.4, 0.5) is 5.69 Å². The number of carbonyl (C=O) groups excluding carboxylic acids is 1. The Balaban J connectivity index is 1.70. The van der Waals surface area contributed by atoms with Crippen LogP contribution >= 0.6 is 11.8 Å². The van der Waals surface area contributed by atoms with Gasteiger partial charge < -0.3 is 5.32 Å². The monoisotopic (exact) mass is 391 g/mol. The molecule has 1 heterocycles. The molecule has 0 aliphatic rings. The first kappa shape index (κ1) is 18.4. The molecule has 1 amide bonds. The molecular weight excluding hydrogens is 372 g/mol. The molecule has 136 valence electrons. The standard InChI is InChI=1S/C17H18N4O3S2/c1-2-15(25-17-20-13-5-3-4-6-14(13)21-17)16(22)19-11-7-9-12(10-8-11)26(18,23)24/h3-10,15H,2H2,1H3,(H,19,22)(H,20,21)(H2,18,23,24)/p+1. The highest BCUT2D eigenvalue weighted by atomic mass is 32.2. The van der Waals surface area contributed by atoms with Crippen LogP contribution in [0.3, 0.4) is 0 Å². The van der Waals surface area contributed by atoms with Gasteiger partial charge in [0.1, 0.15) is 0 Å². The zero-order valence-electron chi connectivity index (χ0n) is 14.0. The molecule has 5 N–H and O–H groups in total. The number of carbonyl (C=O) groups is 1. The highest BCUT2D eigenvalue weighted by Gasteiger charge is 2.23. The van der Waals surface area contributed by atoms with Crippen LogP contribution in [0.15, 0.2) is 58.6 Å². The van der Waals surface area contributed by atoms with Gasteiger partial charge in [-0.05, 0) is 54.6 Å². The normalized spacial score (nSPS) is 12.8. The van der Waals surface area contributed by atoms with Crippen LogP contribution in [-0.2, 0) is 14.8 Å². The van der Waals surface area contributed by atoms with Gasteiger partial charge in [0.15, 0.2) is 11.0 Å². The second kappa shape index (κ2) is 7.48. The van der Waals surface area contributed by atoms with E-state index in [2.05, 4.69) is 15.3 Å². The van der Waals surface area contributed by atoms with Crippen LogP contribution in [0.5, 0.6) is 0 Å². The van der Waals surface area contributed by atoms with E-state index in [0.29, 0.717) is 12.1 Å². The van der Waals surface area contributed by atoms with Gasteiger partial charge in [0.05, 0.1) is 10.1 Å². The third kappa shape index (κ3) is 4.24. The van der Waals surface area contributed by atoms with Gasteiger partial charge in [0, 0.05) is 5.69 Å². The zero-order valence-corrected chi connectivity index (χ0v) is 15.7. The van der Waals surface area contributed by atoms with Gasteiger partial charge in [0.2, 0.25) is 15.9 Å². The van der Waals surface area contributed by atoms with Crippen LogP contribution in [-0.4, -0.2) is 24.6 Å². The smallest absolute Gasteiger partial charge is 0.315 e. The van der Waals surface area contributed by atoms with E-state index in [9.17, 15) is 13.2 Å². The van der Waals surface area contributed by atoms with Crippen LogP contribution < -0.4 is 15.4 Å². The number of amides is 1. The fourth-order valence-electron chi connectivity index (χ4n) is 2.45. The van der Waals surface area contributed by atoms with Crippen LogP contribution in [0.1, 0.15) is 13.3 Å². The Labute approximate surface area is 155 Å². The summed E-state index contributed by atoms with van der Waals surface area (Å²) in [6, 6.07) is 13.6. The van der Waals surface area contributed by atoms with Crippen LogP contribution in [0.2, 0.25) is 0 Å². The zero-order chi connectivity index (χ0) is 18.7. The number of sulfonamides is 1. The number of hydrogen-bond acceptors (Lipinski definition) is 4. The maximum Gasteiger partial charge on any atom is 0.315 e. The molecule has 2 aromatic carbocycles. The molecule has 3 aromatic rings. The van der Waals surface area contributed by atoms with Crippen molar-refractivity contribution < 1.29 is 18.2 Å². The second-order valence-electron chi connectivity index (χ2n) is 5.70. The lowest BCUT2D eigenvalue weighted by Gasteiger charge is -2.12. The lowest BCUT2D eigenvalue weighted by molar-refractivity contribution is -0.396. The van der Waals surface area contributed by atoms with Crippen molar-refractivity contribution in [2.45, 2.75) is 28.6 Å². The Morgan fingerprint density at radius 3 is 2.54 bits per heavy atom. The van der Waals surface area contributed by atoms with Crippen molar-refractivity contribution in [1.82, 2.24) is 4.98 Å². The SMILES string of the molecule is CCC(Sc1[nH]c2ccccc2[nH+]1)C(=O)Nc1ccc(S(N)(=O)=O)cc1. The number of H-pyrrole nitrogens is 2. The number of aromatic amines is 2. The Kier molecular flexibility index (Phi) is 5.30. The predicted octanol–water partition coefficient (Wildman–Crippen LogP) is 2.14. The molecule has 0 bridgehead atoms. The molecule has 1 unspecified atom stereocenters. The summed E-state index contributed by atoms with van der Waals surface area (Å²) in [5, 5.41) is 8.37. The average molecular weight is 391 g/mol. The Hall–Kier alpha value is -2.36. The topological polar surface area (TPSA) is 119 Å². The number of hydrogen-bond donors (Lipinski definition) is 3. The molecule has 0 saturated heterocycles. The number of rotatable bonds is 6. The molecule has 7 nitrogen and oxygen atoms in total. The molecule has 0 aliphatic carbocycles. The molecule has 0 aliphatic heterocycles. The van der Waals surface area contributed by atoms with E-state index in [1.54, 1.807) is 0 Å². The number of fused-ring (bicyclic) bond motifs is 1. The minimum absolute atomic E-state index is 0.00425. The largest absolute Gasteiger partial charge is 0.325 e. The first-order chi connectivity index (χ1) is 12.4. The van der Waals surface area contributed by atoms with Gasteiger partial charge in [-0.2, -0.15) is 0 Å². The lowest BCUT2D eigenvalue weighted by atomic mass is 10.3. The number of para-hydroxylation sites is 2. The fraction of sp³-hybridized carbons (Fsp3) is 0.176. The second-order valence-corrected chi connectivity index (χ2v) is 8.47. The molecule has 0 spiro atoms. The first-order valence-corrected chi connectivity index (χ1v) is 10.4. The molecule has 9 heteroatoms. The summed E-state index contributed by atoms with van der Waals surface area (Å²) in [6.45, 7) is 1.93. The molecule has 3 rings (SSSR count). The van der Waals surface area contributed by atoms with Gasteiger partial charge in [-0.15, -0.1) is 0 Å². The maximum absolute atomic E-state index is 12.5. The molecule has 0 fully saturated rings. The third-order valence-corrected chi connectivity index (χ3v) is 6.00. The number of benzene rings is 2. The number of nitrogens with two attached hydrogens (primary N) is 1. The third-order valence-electron chi connectivity index (χ3n) is 3.80. The molecule has 1 aromatic heterocycles. The van der Waals surface area contributed by atoms with Gasteiger partial charge in [-0.25, -0.2) is 23.5 Å². The van der Waals surface area contributed by atoms with Crippen LogP contribution in [0.25, 0.3) is 11.0 Å². The molecule has 1 atom stereocenters. The summed E-state index contributed by atoms with van der Waals surface area (Å²) in [6.07, 6.45) is 0.634. The Morgan fingerprint density at radius 2 is 1.92 bits per heavy atom. The van der Waals surface area contributed by atoms with Crippen molar-refractivity contribution in [1.29, 1.82) is 0 Å². The molecular formula is C17H19N4O3S2+. The number of primary sulfonamides is 1. The van der Waals surface area contributed by atoms with E-state index in [4.69, 9.17) is 5.14 Å². The summed E-state index contributed by atoms with van der Waals surface area (Å²) in [4.78, 5) is 19.0. The van der Waals surface area contributed by atoms with E-state index >= 15 is 0 Å². The maximum atomic E-state index is 12.5. The average Bonchev–Trinajstić information content (AvgIpc) is 3.01. The quantitative estimate of drug-likeness (QED) is 0.558. The fourth-order valence-corrected chi connectivity index (χ4v) is 3.92. The summed E-state index contributed by atoms with van der Waals surface area (Å²) in [5.41, 5.74) is 2.47. The highest BCUT2D eigenvalue weighted by Crippen LogP contribution is 2.24. The van der Waals surface area contributed by atoms with Crippen molar-refractivity contribution in [3.63, 3.8) is 0 Å². The molecule has 0 radical (unpaired) electrons. The van der Waals surface area contributed by atoms with Crippen LogP contribution in [0, 0.1) is 0 Å². The van der Waals surface area contributed by atoms with Gasteiger partial charge in [-0.1, -0.05) is 19.1 Å². The van der Waals surface area contributed by atoms with Crippen molar-refractivity contribution in [2.24, 2.45) is 5.14 Å². The lowest BCUT2D eigenvalue weighted by Crippen LogP contribution is -2.25. The number of anilines is 1. The highest BCUT2D eigenvalue weighted by molar-refractivity contribution is 8.00. The predicted molar refractivity (Wildman–Crippen MR) is 101 cm³/mol. The Bertz CT molecular complexity index is 997. The summed E-state index contributed by atoms with van der Waals surface area (Å²) in [7, 11) is -3.75. The van der Waals surface area contributed by atoms with Gasteiger partial charge >= 0.3 is 5.16 Å². The van der Waals surface area contributed by atoms with Gasteiger partial charge in [-0.3, -0.25) is 4.79 Å². The minimum Gasteiger partial charge on any atom is -0.325 e. The number of nitrogens with one attached hydrogen (secondary N) is 3. The Morgan fingerprint density at radius 1 is 1.23 bits per heavy atom. The first-order valence-electron chi connectivity index (χ1n) is 7.97. The summed E-state index contributed by atoms with van der Waals surface area (Å²) < 4.78 is 22.6. The van der Waals surface area contributed by atoms with E-state index in [1.165, 1.54) is 36.0 Å². The molecule has 0 saturated carbocycles. The molecule has 26 heavy (non-hydrogen) atoms. The van der Waals surface area contributed by atoms with E-state index in [1.807, 2.05) is 31.2 Å². The number of imidazole rings is 1. The van der Waals surface area contributed by atoms with Crippen molar-refractivity contribution in [3.8, 4) is 0 Å². The van der Waals surface area contributed by atoms with Gasteiger partial charge in [0.25, 0.3) is 0 Å². The number of thioether (sulfide) groups is 1. The minimum atomic E-state index is -3.75. The van der Waals surface area contributed by atoms with Crippen molar-refractivity contribution in [2.75, 3.05) is 5.32 Å². The van der Waals surface area contributed by atoms with E-state index in [-0.39, 0.29) is 16.1 Å². The van der Waals surface area contributed by atoms with Crippen molar-refractivity contribution >= 4 is 44.4 Å². The van der Waals surface area contributed by atoms with E-state index in [0.717, 1.165) is 16.2 Å². The summed E-state index contributed by atoms with van der Waals surface area (Å²) >= 11 is 1.41. The van der Waals surface area contributed by atoms with Crippen molar-refractivity contribution in [3.05, 3.63) is 48.5 Å². The number of aromatic nitrogens is 2.